The predicted octanol–water partition coefficient (Wildman–Crippen LogP) is 2.62. The molecule has 5 nitrogen and oxygen atoms in total. The van der Waals surface area contributed by atoms with Gasteiger partial charge in [-0.15, -0.1) is 0 Å². The number of carboxylic acids is 1. The number of nitrogens with zero attached hydrogens (tertiary/aromatic N) is 1. The second-order valence-corrected chi connectivity index (χ2v) is 4.84. The molecule has 0 fully saturated rings. The van der Waals surface area contributed by atoms with Gasteiger partial charge in [0, 0.05) is 18.8 Å². The van der Waals surface area contributed by atoms with Crippen LogP contribution in [0.2, 0.25) is 0 Å². The molecule has 0 aliphatic rings. The number of aryl methyl sites for hydroxylation is 1. The van der Waals surface area contributed by atoms with Crippen molar-refractivity contribution in [2.75, 3.05) is 24.7 Å². The van der Waals surface area contributed by atoms with E-state index in [1.165, 1.54) is 0 Å². The molecule has 116 valence electrons. The van der Waals surface area contributed by atoms with Crippen molar-refractivity contribution in [1.82, 2.24) is 0 Å². The largest absolute Gasteiger partial charge is 0.481 e. The molecule has 0 bridgehead atoms. The highest BCUT2D eigenvalue weighted by Crippen LogP contribution is 2.20. The highest BCUT2D eigenvalue weighted by molar-refractivity contribution is 5.94. The topological polar surface area (TPSA) is 66.8 Å². The Labute approximate surface area is 125 Å². The van der Waals surface area contributed by atoms with E-state index in [0.717, 1.165) is 17.7 Å². The van der Waals surface area contributed by atoms with Crippen LogP contribution in [0, 0.1) is 6.92 Å². The van der Waals surface area contributed by atoms with Crippen molar-refractivity contribution >= 4 is 17.6 Å². The van der Waals surface area contributed by atoms with Gasteiger partial charge in [0.2, 0.25) is 5.91 Å². The molecule has 0 saturated carbocycles. The van der Waals surface area contributed by atoms with Gasteiger partial charge >= 0.3 is 5.97 Å². The number of amides is 1. The summed E-state index contributed by atoms with van der Waals surface area (Å²) in [5.74, 6) is -1.02. The van der Waals surface area contributed by atoms with Crippen LogP contribution in [0.1, 0.15) is 31.7 Å². The second kappa shape index (κ2) is 9.13. The van der Waals surface area contributed by atoms with Crippen molar-refractivity contribution in [1.29, 1.82) is 0 Å². The smallest absolute Gasteiger partial charge is 0.305 e. The monoisotopic (exact) mass is 293 g/mol. The number of benzene rings is 1. The van der Waals surface area contributed by atoms with Crippen molar-refractivity contribution in [3.63, 3.8) is 0 Å². The third kappa shape index (κ3) is 5.95. The third-order valence-corrected chi connectivity index (χ3v) is 3.07. The molecule has 1 rings (SSSR count). The van der Waals surface area contributed by atoms with Crippen molar-refractivity contribution in [3.05, 3.63) is 29.8 Å². The highest BCUT2D eigenvalue weighted by Gasteiger charge is 2.18. The van der Waals surface area contributed by atoms with Gasteiger partial charge in [-0.2, -0.15) is 0 Å². The van der Waals surface area contributed by atoms with E-state index >= 15 is 0 Å². The van der Waals surface area contributed by atoms with Crippen molar-refractivity contribution < 1.29 is 19.4 Å². The van der Waals surface area contributed by atoms with Gasteiger partial charge in [0.25, 0.3) is 0 Å². The third-order valence-electron chi connectivity index (χ3n) is 3.07. The molecule has 0 radical (unpaired) electrons. The van der Waals surface area contributed by atoms with Crippen LogP contribution >= 0.6 is 0 Å². The second-order valence-electron chi connectivity index (χ2n) is 4.84. The van der Waals surface area contributed by atoms with Crippen LogP contribution in [0.3, 0.4) is 0 Å². The van der Waals surface area contributed by atoms with Crippen LogP contribution in [0.5, 0.6) is 0 Å². The molecule has 1 amide bonds. The summed E-state index contributed by atoms with van der Waals surface area (Å²) in [7, 11) is 0. The minimum Gasteiger partial charge on any atom is -0.481 e. The van der Waals surface area contributed by atoms with Gasteiger partial charge in [0.1, 0.15) is 0 Å². The maximum atomic E-state index is 12.3. The van der Waals surface area contributed by atoms with Crippen molar-refractivity contribution in [3.8, 4) is 0 Å². The quantitative estimate of drug-likeness (QED) is 0.711. The summed E-state index contributed by atoms with van der Waals surface area (Å²) in [5.41, 5.74) is 1.71. The van der Waals surface area contributed by atoms with Gasteiger partial charge in [-0.1, -0.05) is 25.1 Å². The summed E-state index contributed by atoms with van der Waals surface area (Å²) in [6.45, 7) is 5.08. The highest BCUT2D eigenvalue weighted by atomic mass is 16.5. The SMILES string of the molecule is CCCOCCC(=O)N(CCC(=O)O)c1ccccc1C. The fourth-order valence-corrected chi connectivity index (χ4v) is 1.99. The number of anilines is 1. The van der Waals surface area contributed by atoms with E-state index in [-0.39, 0.29) is 25.3 Å². The molecule has 0 saturated heterocycles. The number of carbonyl (C=O) groups excluding carboxylic acids is 1. The number of carboxylic acid groups (broad SMARTS) is 1. The van der Waals surface area contributed by atoms with Crippen LogP contribution in [0.15, 0.2) is 24.3 Å². The average molecular weight is 293 g/mol. The lowest BCUT2D eigenvalue weighted by Crippen LogP contribution is -2.34. The van der Waals surface area contributed by atoms with E-state index in [1.54, 1.807) is 4.90 Å². The van der Waals surface area contributed by atoms with Gasteiger partial charge < -0.3 is 14.7 Å². The molecule has 1 aromatic carbocycles. The van der Waals surface area contributed by atoms with E-state index in [9.17, 15) is 9.59 Å². The van der Waals surface area contributed by atoms with Gasteiger partial charge in [-0.25, -0.2) is 0 Å². The molecular formula is C16H23NO4. The van der Waals surface area contributed by atoms with Crippen LogP contribution in [0.4, 0.5) is 5.69 Å². The molecule has 0 unspecified atom stereocenters. The molecule has 21 heavy (non-hydrogen) atoms. The first kappa shape index (κ1) is 17.2. The zero-order chi connectivity index (χ0) is 15.7. The fourth-order valence-electron chi connectivity index (χ4n) is 1.99. The van der Waals surface area contributed by atoms with E-state index < -0.39 is 5.97 Å². The normalized spacial score (nSPS) is 10.4. The van der Waals surface area contributed by atoms with Gasteiger partial charge in [0.15, 0.2) is 0 Å². The fraction of sp³-hybridized carbons (Fsp3) is 0.500. The predicted molar refractivity (Wildman–Crippen MR) is 81.5 cm³/mol. The summed E-state index contributed by atoms with van der Waals surface area (Å²) >= 11 is 0. The van der Waals surface area contributed by atoms with E-state index in [1.807, 2.05) is 38.1 Å². The maximum Gasteiger partial charge on any atom is 0.305 e. The van der Waals surface area contributed by atoms with Crippen LogP contribution < -0.4 is 4.90 Å². The minimum atomic E-state index is -0.913. The summed E-state index contributed by atoms with van der Waals surface area (Å²) in [5, 5.41) is 8.84. The Morgan fingerprint density at radius 2 is 1.90 bits per heavy atom. The Bertz CT molecular complexity index is 473. The van der Waals surface area contributed by atoms with Gasteiger partial charge in [-0.3, -0.25) is 9.59 Å². The summed E-state index contributed by atoms with van der Waals surface area (Å²) < 4.78 is 5.33. The summed E-state index contributed by atoms with van der Waals surface area (Å²) in [4.78, 5) is 24.6. The number of hydrogen-bond acceptors (Lipinski definition) is 3. The first-order valence-electron chi connectivity index (χ1n) is 7.21. The zero-order valence-electron chi connectivity index (χ0n) is 12.7. The number of rotatable bonds is 9. The minimum absolute atomic E-state index is 0.0735. The maximum absolute atomic E-state index is 12.3. The molecule has 1 N–H and O–H groups in total. The van der Waals surface area contributed by atoms with Crippen molar-refractivity contribution in [2.24, 2.45) is 0 Å². The van der Waals surface area contributed by atoms with E-state index in [0.29, 0.717) is 13.2 Å². The Kier molecular flexibility index (Phi) is 7.46. The number of carbonyl (C=O) groups is 2. The number of hydrogen-bond donors (Lipinski definition) is 1. The molecule has 0 aliphatic carbocycles. The first-order valence-corrected chi connectivity index (χ1v) is 7.21. The Morgan fingerprint density at radius 3 is 2.52 bits per heavy atom. The number of aliphatic carboxylic acids is 1. The molecule has 0 aliphatic heterocycles. The lowest BCUT2D eigenvalue weighted by atomic mass is 10.1. The molecule has 0 atom stereocenters. The Morgan fingerprint density at radius 1 is 1.19 bits per heavy atom. The Hall–Kier alpha value is -1.88. The summed E-state index contributed by atoms with van der Waals surface area (Å²) in [6, 6.07) is 7.48. The van der Waals surface area contributed by atoms with E-state index in [4.69, 9.17) is 9.84 Å². The van der Waals surface area contributed by atoms with Crippen LogP contribution in [-0.2, 0) is 14.3 Å². The van der Waals surface area contributed by atoms with Gasteiger partial charge in [-0.05, 0) is 25.0 Å². The average Bonchev–Trinajstić information content (AvgIpc) is 2.45. The molecule has 0 aromatic heterocycles. The van der Waals surface area contributed by atoms with Crippen LogP contribution in [-0.4, -0.2) is 36.7 Å². The molecule has 0 heterocycles. The molecule has 1 aromatic rings. The van der Waals surface area contributed by atoms with E-state index in [2.05, 4.69) is 0 Å². The van der Waals surface area contributed by atoms with Crippen LogP contribution in [0.25, 0.3) is 0 Å². The number of para-hydroxylation sites is 1. The lowest BCUT2D eigenvalue weighted by Gasteiger charge is -2.24. The standard InChI is InChI=1S/C16H23NO4/c1-3-11-21-12-9-15(18)17(10-8-16(19)20)14-7-5-4-6-13(14)2/h4-7H,3,8-12H2,1-2H3,(H,19,20). The Balaban J connectivity index is 2.74. The molecular weight excluding hydrogens is 270 g/mol. The molecule has 5 heteroatoms. The summed E-state index contributed by atoms with van der Waals surface area (Å²) in [6.07, 6.45) is 1.10. The zero-order valence-corrected chi connectivity index (χ0v) is 12.7. The molecule has 0 spiro atoms. The van der Waals surface area contributed by atoms with Gasteiger partial charge in [0.05, 0.1) is 19.4 Å². The van der Waals surface area contributed by atoms with Crippen molar-refractivity contribution in [2.45, 2.75) is 33.1 Å². The lowest BCUT2D eigenvalue weighted by molar-refractivity contribution is -0.136. The number of ether oxygens (including phenoxy) is 1. The first-order chi connectivity index (χ1) is 10.1.